The number of halogens is 6. The number of aromatic nitrogens is 3. The van der Waals surface area contributed by atoms with Crippen LogP contribution in [-0.4, -0.2) is 52.8 Å². The minimum atomic E-state index is -4.69. The van der Waals surface area contributed by atoms with E-state index in [4.69, 9.17) is 9.15 Å². The first-order valence-electron chi connectivity index (χ1n) is 9.59. The molecule has 0 unspecified atom stereocenters. The van der Waals surface area contributed by atoms with E-state index in [0.29, 0.717) is 11.8 Å². The highest BCUT2D eigenvalue weighted by Crippen LogP contribution is 2.32. The molecule has 2 aromatic rings. The van der Waals surface area contributed by atoms with Crippen molar-refractivity contribution in [3.8, 4) is 11.6 Å². The van der Waals surface area contributed by atoms with E-state index < -0.39 is 36.2 Å². The molecule has 14 heteroatoms. The van der Waals surface area contributed by atoms with Crippen LogP contribution in [0.2, 0.25) is 0 Å². The summed E-state index contributed by atoms with van der Waals surface area (Å²) in [5.41, 5.74) is -0.492. The summed E-state index contributed by atoms with van der Waals surface area (Å²) in [5, 5.41) is 10.0. The average Bonchev–Trinajstić information content (AvgIpc) is 3.18. The molecule has 1 aliphatic carbocycles. The lowest BCUT2D eigenvalue weighted by molar-refractivity contribution is -0.357. The van der Waals surface area contributed by atoms with Gasteiger partial charge in [-0.3, -0.25) is 14.5 Å². The molecule has 1 aliphatic rings. The van der Waals surface area contributed by atoms with Gasteiger partial charge in [0.15, 0.2) is 0 Å². The molecule has 0 bridgehead atoms. The van der Waals surface area contributed by atoms with Crippen molar-refractivity contribution >= 4 is 11.5 Å². The van der Waals surface area contributed by atoms with Crippen molar-refractivity contribution in [2.24, 2.45) is 0 Å². The monoisotopic (exact) mass is 480 g/mol. The quantitative estimate of drug-likeness (QED) is 0.546. The zero-order valence-electron chi connectivity index (χ0n) is 16.9. The Hall–Kier alpha value is -3.00. The predicted octanol–water partition coefficient (Wildman–Crippen LogP) is 3.75. The number of hydrogen-bond acceptors (Lipinski definition) is 7. The molecule has 0 atom stereocenters. The third-order valence-electron chi connectivity index (χ3n) is 4.59. The first-order valence-corrected chi connectivity index (χ1v) is 9.59. The fourth-order valence-corrected chi connectivity index (χ4v) is 2.80. The maximum Gasteiger partial charge on any atom is 0.522 e. The molecule has 8 nitrogen and oxygen atoms in total. The summed E-state index contributed by atoms with van der Waals surface area (Å²) in [6, 6.07) is 1.94. The zero-order chi connectivity index (χ0) is 24.2. The van der Waals surface area contributed by atoms with Gasteiger partial charge >= 0.3 is 12.5 Å². The number of nitrogens with one attached hydrogen (secondary N) is 1. The number of ether oxygens (including phenoxy) is 2. The summed E-state index contributed by atoms with van der Waals surface area (Å²) in [4.78, 5) is 15.4. The highest BCUT2D eigenvalue weighted by atomic mass is 19.4. The van der Waals surface area contributed by atoms with Crippen LogP contribution >= 0.6 is 0 Å². The van der Waals surface area contributed by atoms with Crippen molar-refractivity contribution in [2.75, 3.05) is 13.2 Å². The Morgan fingerprint density at radius 1 is 1.15 bits per heavy atom. The molecule has 0 aromatic carbocycles. The van der Waals surface area contributed by atoms with Gasteiger partial charge in [-0.05, 0) is 18.6 Å². The van der Waals surface area contributed by atoms with Crippen molar-refractivity contribution in [1.82, 2.24) is 20.5 Å². The largest absolute Gasteiger partial charge is 0.522 e. The zero-order valence-corrected chi connectivity index (χ0v) is 16.9. The molecule has 1 saturated carbocycles. The van der Waals surface area contributed by atoms with Gasteiger partial charge in [0.05, 0.1) is 17.8 Å². The SMILES string of the molecule is C=C(CCNC(=O)CO[C@H]1C[C@@H](OC(F)(F)F)C1)c1nnc(-c2ccc(C(F)(F)F)cn2)o1. The maximum atomic E-state index is 12.6. The molecular formula is C19H18F6N4O4. The van der Waals surface area contributed by atoms with Gasteiger partial charge in [0, 0.05) is 31.2 Å². The molecule has 0 aliphatic heterocycles. The molecule has 1 amide bonds. The first-order chi connectivity index (χ1) is 15.4. The number of alkyl halides is 6. The summed E-state index contributed by atoms with van der Waals surface area (Å²) < 4.78 is 88.4. The molecule has 1 fully saturated rings. The van der Waals surface area contributed by atoms with E-state index in [1.54, 1.807) is 0 Å². The van der Waals surface area contributed by atoms with Crippen molar-refractivity contribution in [3.05, 3.63) is 36.4 Å². The van der Waals surface area contributed by atoms with Crippen LogP contribution in [0.5, 0.6) is 0 Å². The van der Waals surface area contributed by atoms with Gasteiger partial charge in [0.1, 0.15) is 12.3 Å². The first kappa shape index (κ1) is 24.6. The van der Waals surface area contributed by atoms with E-state index >= 15 is 0 Å². The van der Waals surface area contributed by atoms with Gasteiger partial charge in [-0.15, -0.1) is 23.4 Å². The average molecular weight is 480 g/mol. The Balaban J connectivity index is 1.37. The predicted molar refractivity (Wildman–Crippen MR) is 99.1 cm³/mol. The molecule has 2 heterocycles. The Morgan fingerprint density at radius 3 is 2.48 bits per heavy atom. The van der Waals surface area contributed by atoms with Gasteiger partial charge in [-0.25, -0.2) is 0 Å². The topological polar surface area (TPSA) is 99.4 Å². The van der Waals surface area contributed by atoms with Gasteiger partial charge in [0.2, 0.25) is 11.8 Å². The number of carbonyl (C=O) groups excluding carboxylic acids is 1. The molecule has 3 rings (SSSR count). The third-order valence-corrected chi connectivity index (χ3v) is 4.59. The Morgan fingerprint density at radius 2 is 1.88 bits per heavy atom. The van der Waals surface area contributed by atoms with Crippen molar-refractivity contribution < 1.29 is 45.0 Å². The Labute approximate surface area is 183 Å². The summed E-state index contributed by atoms with van der Waals surface area (Å²) in [7, 11) is 0. The molecule has 2 aromatic heterocycles. The second-order valence-electron chi connectivity index (χ2n) is 7.14. The van der Waals surface area contributed by atoms with Gasteiger partial charge in [-0.1, -0.05) is 6.58 Å². The van der Waals surface area contributed by atoms with E-state index in [-0.39, 0.29) is 49.9 Å². The van der Waals surface area contributed by atoms with Crippen LogP contribution in [0.15, 0.2) is 29.3 Å². The number of pyridine rings is 1. The summed E-state index contributed by atoms with van der Waals surface area (Å²) in [5.74, 6) is -0.531. The molecule has 0 spiro atoms. The van der Waals surface area contributed by atoms with Crippen LogP contribution < -0.4 is 5.32 Å². The highest BCUT2D eigenvalue weighted by molar-refractivity contribution is 5.77. The number of carbonyl (C=O) groups is 1. The second kappa shape index (κ2) is 9.87. The lowest BCUT2D eigenvalue weighted by atomic mass is 9.92. The number of hydrogen-bond donors (Lipinski definition) is 1. The molecule has 180 valence electrons. The van der Waals surface area contributed by atoms with Crippen LogP contribution in [0.25, 0.3) is 17.2 Å². The summed E-state index contributed by atoms with van der Waals surface area (Å²) in [6.07, 6.45) is -9.67. The standard InChI is InChI=1S/C19H18F6N4O4/c1-10(4-5-26-15(30)9-31-12-6-13(7-12)33-19(23,24)25)16-28-29-17(32-16)14-3-2-11(8-27-14)18(20,21)22/h2-3,8,12-13H,1,4-7,9H2,(H,26,30)/t12-,13+. The number of nitrogens with zero attached hydrogens (tertiary/aromatic N) is 3. The Bertz CT molecular complexity index is 968. The van der Waals surface area contributed by atoms with Gasteiger partial charge in [0.25, 0.3) is 5.89 Å². The van der Waals surface area contributed by atoms with E-state index in [2.05, 4.69) is 31.8 Å². The third kappa shape index (κ3) is 7.25. The van der Waals surface area contributed by atoms with Crippen molar-refractivity contribution in [1.29, 1.82) is 0 Å². The van der Waals surface area contributed by atoms with Crippen LogP contribution in [0, 0.1) is 0 Å². The van der Waals surface area contributed by atoms with Crippen LogP contribution in [-0.2, 0) is 20.4 Å². The molecular weight excluding hydrogens is 462 g/mol. The lowest BCUT2D eigenvalue weighted by Crippen LogP contribution is -2.42. The summed E-state index contributed by atoms with van der Waals surface area (Å²) >= 11 is 0. The summed E-state index contributed by atoms with van der Waals surface area (Å²) in [6.45, 7) is 3.58. The minimum absolute atomic E-state index is 0.0300. The Kier molecular flexibility index (Phi) is 7.37. The fraction of sp³-hybridized carbons (Fsp3) is 0.474. The lowest BCUT2D eigenvalue weighted by Gasteiger charge is -2.34. The smallest absolute Gasteiger partial charge is 0.415 e. The van der Waals surface area contributed by atoms with E-state index in [9.17, 15) is 31.1 Å². The molecule has 1 N–H and O–H groups in total. The number of amides is 1. The molecule has 33 heavy (non-hydrogen) atoms. The van der Waals surface area contributed by atoms with E-state index in [0.717, 1.165) is 12.1 Å². The van der Waals surface area contributed by atoms with E-state index in [1.807, 2.05) is 0 Å². The second-order valence-corrected chi connectivity index (χ2v) is 7.14. The van der Waals surface area contributed by atoms with Gasteiger partial charge < -0.3 is 14.5 Å². The normalized spacial score (nSPS) is 18.6. The fourth-order valence-electron chi connectivity index (χ4n) is 2.80. The molecule has 0 radical (unpaired) electrons. The van der Waals surface area contributed by atoms with Crippen molar-refractivity contribution in [3.63, 3.8) is 0 Å². The molecule has 0 saturated heterocycles. The van der Waals surface area contributed by atoms with Crippen LogP contribution in [0.4, 0.5) is 26.3 Å². The van der Waals surface area contributed by atoms with Crippen LogP contribution in [0.1, 0.15) is 30.7 Å². The van der Waals surface area contributed by atoms with Crippen LogP contribution in [0.3, 0.4) is 0 Å². The van der Waals surface area contributed by atoms with Crippen molar-refractivity contribution in [2.45, 2.75) is 44.0 Å². The number of rotatable bonds is 9. The highest BCUT2D eigenvalue weighted by Gasteiger charge is 2.40. The minimum Gasteiger partial charge on any atom is -0.415 e. The van der Waals surface area contributed by atoms with E-state index in [1.165, 1.54) is 0 Å². The maximum absolute atomic E-state index is 12.6. The van der Waals surface area contributed by atoms with Gasteiger partial charge in [-0.2, -0.15) is 13.2 Å².